The summed E-state index contributed by atoms with van der Waals surface area (Å²) in [5, 5.41) is 21.1. The standard InChI is InChI=1S/C15H24N4O6/c1-8(11(20)12(16)21)17-13(22)10-3-2-5-19(10)14(23)9-4-6-18(7-9)15(24)25/h8-11,20H,2-7H2,1H3,(H2,16,21)(H,17,22)(H,24,25)/t8-,9-,10-,11+/m0/s1. The van der Waals surface area contributed by atoms with Gasteiger partial charge in [0.2, 0.25) is 17.7 Å². The molecule has 2 aliphatic heterocycles. The van der Waals surface area contributed by atoms with Crippen molar-refractivity contribution < 1.29 is 29.4 Å². The molecule has 0 aliphatic carbocycles. The Kier molecular flexibility index (Phi) is 5.83. The number of aliphatic hydroxyl groups is 1. The third-order valence-corrected chi connectivity index (χ3v) is 4.78. The topological polar surface area (TPSA) is 153 Å². The van der Waals surface area contributed by atoms with Crippen LogP contribution < -0.4 is 11.1 Å². The molecule has 25 heavy (non-hydrogen) atoms. The Hall–Kier alpha value is -2.36. The van der Waals surface area contributed by atoms with Crippen molar-refractivity contribution in [3.05, 3.63) is 0 Å². The lowest BCUT2D eigenvalue weighted by molar-refractivity contribution is -0.142. The molecule has 2 heterocycles. The van der Waals surface area contributed by atoms with Gasteiger partial charge >= 0.3 is 6.09 Å². The number of carbonyl (C=O) groups is 4. The first kappa shape index (κ1) is 19.0. The van der Waals surface area contributed by atoms with E-state index in [1.54, 1.807) is 0 Å². The number of nitrogens with zero attached hydrogens (tertiary/aromatic N) is 2. The molecule has 0 aromatic rings. The fourth-order valence-electron chi connectivity index (χ4n) is 3.32. The number of primary amides is 1. The van der Waals surface area contributed by atoms with Gasteiger partial charge in [-0.2, -0.15) is 0 Å². The highest BCUT2D eigenvalue weighted by Crippen LogP contribution is 2.25. The maximum atomic E-state index is 12.7. The van der Waals surface area contributed by atoms with Crippen LogP contribution in [-0.4, -0.2) is 81.6 Å². The number of likely N-dealkylation sites (tertiary alicyclic amines) is 2. The van der Waals surface area contributed by atoms with Crippen LogP contribution in [0.15, 0.2) is 0 Å². The summed E-state index contributed by atoms with van der Waals surface area (Å²) in [7, 11) is 0. The van der Waals surface area contributed by atoms with E-state index >= 15 is 0 Å². The van der Waals surface area contributed by atoms with Crippen LogP contribution in [0.1, 0.15) is 26.2 Å². The van der Waals surface area contributed by atoms with Crippen molar-refractivity contribution >= 4 is 23.8 Å². The van der Waals surface area contributed by atoms with Gasteiger partial charge in [-0.15, -0.1) is 0 Å². The third-order valence-electron chi connectivity index (χ3n) is 4.78. The van der Waals surface area contributed by atoms with Crippen molar-refractivity contribution in [3.63, 3.8) is 0 Å². The zero-order chi connectivity index (χ0) is 18.7. The van der Waals surface area contributed by atoms with Crippen molar-refractivity contribution in [2.24, 2.45) is 11.7 Å². The molecule has 0 bridgehead atoms. The summed E-state index contributed by atoms with van der Waals surface area (Å²) in [6.45, 7) is 2.32. The second-order valence-corrected chi connectivity index (χ2v) is 6.55. The van der Waals surface area contributed by atoms with Crippen LogP contribution in [0.2, 0.25) is 0 Å². The fourth-order valence-corrected chi connectivity index (χ4v) is 3.32. The number of amides is 4. The van der Waals surface area contributed by atoms with E-state index in [1.807, 2.05) is 0 Å². The van der Waals surface area contributed by atoms with E-state index in [0.717, 1.165) is 0 Å². The van der Waals surface area contributed by atoms with Gasteiger partial charge in [-0.3, -0.25) is 14.4 Å². The van der Waals surface area contributed by atoms with E-state index in [-0.39, 0.29) is 12.5 Å². The van der Waals surface area contributed by atoms with Gasteiger partial charge in [0.25, 0.3) is 0 Å². The highest BCUT2D eigenvalue weighted by Gasteiger charge is 2.40. The predicted molar refractivity (Wildman–Crippen MR) is 85.2 cm³/mol. The smallest absolute Gasteiger partial charge is 0.407 e. The summed E-state index contributed by atoms with van der Waals surface area (Å²) in [4.78, 5) is 49.7. The first-order chi connectivity index (χ1) is 11.7. The Bertz CT molecular complexity index is 568. The number of carboxylic acid groups (broad SMARTS) is 1. The predicted octanol–water partition coefficient (Wildman–Crippen LogP) is -1.67. The van der Waals surface area contributed by atoms with Crippen LogP contribution in [0.25, 0.3) is 0 Å². The van der Waals surface area contributed by atoms with E-state index in [4.69, 9.17) is 10.8 Å². The van der Waals surface area contributed by atoms with Gasteiger partial charge in [-0.1, -0.05) is 0 Å². The summed E-state index contributed by atoms with van der Waals surface area (Å²) in [5.41, 5.74) is 5.00. The van der Waals surface area contributed by atoms with E-state index in [9.17, 15) is 24.3 Å². The lowest BCUT2D eigenvalue weighted by Crippen LogP contribution is -2.54. The summed E-state index contributed by atoms with van der Waals surface area (Å²) >= 11 is 0. The molecule has 0 aromatic carbocycles. The van der Waals surface area contributed by atoms with E-state index in [2.05, 4.69) is 5.32 Å². The Morgan fingerprint density at radius 3 is 2.44 bits per heavy atom. The number of carbonyl (C=O) groups excluding carboxylic acids is 3. The van der Waals surface area contributed by atoms with Crippen molar-refractivity contribution in [1.29, 1.82) is 0 Å². The second kappa shape index (κ2) is 7.68. The Morgan fingerprint density at radius 2 is 1.88 bits per heavy atom. The van der Waals surface area contributed by atoms with Gasteiger partial charge in [0.05, 0.1) is 12.0 Å². The molecule has 2 rings (SSSR count). The molecule has 2 saturated heterocycles. The monoisotopic (exact) mass is 356 g/mol. The lowest BCUT2D eigenvalue weighted by Gasteiger charge is -2.28. The minimum atomic E-state index is -1.51. The van der Waals surface area contributed by atoms with Crippen LogP contribution in [-0.2, 0) is 14.4 Å². The first-order valence-corrected chi connectivity index (χ1v) is 8.28. The van der Waals surface area contributed by atoms with Gasteiger partial charge in [0.15, 0.2) is 6.10 Å². The Labute approximate surface area is 144 Å². The molecule has 0 radical (unpaired) electrons. The molecular weight excluding hydrogens is 332 g/mol. The van der Waals surface area contributed by atoms with Crippen molar-refractivity contribution in [1.82, 2.24) is 15.1 Å². The Morgan fingerprint density at radius 1 is 1.20 bits per heavy atom. The summed E-state index contributed by atoms with van der Waals surface area (Å²) in [6.07, 6.45) is -0.987. The van der Waals surface area contributed by atoms with Crippen LogP contribution in [0.3, 0.4) is 0 Å². The number of aliphatic hydroxyl groups excluding tert-OH is 1. The molecule has 10 heteroatoms. The third kappa shape index (κ3) is 4.19. The van der Waals surface area contributed by atoms with Gasteiger partial charge in [0.1, 0.15) is 6.04 Å². The minimum Gasteiger partial charge on any atom is -0.465 e. The molecule has 0 saturated carbocycles. The highest BCUT2D eigenvalue weighted by molar-refractivity contribution is 5.90. The van der Waals surface area contributed by atoms with Crippen molar-refractivity contribution in [2.45, 2.75) is 44.4 Å². The molecule has 10 nitrogen and oxygen atoms in total. The number of hydrogen-bond donors (Lipinski definition) is 4. The summed E-state index contributed by atoms with van der Waals surface area (Å²) in [5.74, 6) is -2.07. The molecule has 140 valence electrons. The van der Waals surface area contributed by atoms with E-state index in [0.29, 0.717) is 32.4 Å². The summed E-state index contributed by atoms with van der Waals surface area (Å²) in [6, 6.07) is -1.55. The van der Waals surface area contributed by atoms with Gasteiger partial charge in [-0.05, 0) is 26.2 Å². The van der Waals surface area contributed by atoms with Crippen LogP contribution >= 0.6 is 0 Å². The maximum Gasteiger partial charge on any atom is 0.407 e. The van der Waals surface area contributed by atoms with Gasteiger partial charge in [0, 0.05) is 19.6 Å². The second-order valence-electron chi connectivity index (χ2n) is 6.55. The fraction of sp³-hybridized carbons (Fsp3) is 0.733. The SMILES string of the molecule is C[C@H](NC(=O)[C@@H]1CCCN1C(=O)[C@H]1CCN(C(=O)O)C1)[C@@H](O)C(N)=O. The number of nitrogens with two attached hydrogens (primary N) is 1. The molecule has 4 amide bonds. The summed E-state index contributed by atoms with van der Waals surface area (Å²) < 4.78 is 0. The number of nitrogens with one attached hydrogen (secondary N) is 1. The largest absolute Gasteiger partial charge is 0.465 e. The minimum absolute atomic E-state index is 0.135. The quantitative estimate of drug-likeness (QED) is 0.462. The molecule has 4 atom stereocenters. The normalized spacial score (nSPS) is 25.5. The van der Waals surface area contributed by atoms with Gasteiger partial charge in [-0.25, -0.2) is 4.79 Å². The van der Waals surface area contributed by atoms with E-state index in [1.165, 1.54) is 16.7 Å². The first-order valence-electron chi connectivity index (χ1n) is 8.28. The van der Waals surface area contributed by atoms with Crippen LogP contribution in [0.4, 0.5) is 4.79 Å². The number of hydrogen-bond acceptors (Lipinski definition) is 5. The molecular formula is C15H24N4O6. The molecule has 0 unspecified atom stereocenters. The molecule has 5 N–H and O–H groups in total. The van der Waals surface area contributed by atoms with Crippen molar-refractivity contribution in [2.75, 3.05) is 19.6 Å². The van der Waals surface area contributed by atoms with E-state index < -0.39 is 42.0 Å². The average Bonchev–Trinajstić information content (AvgIpc) is 3.22. The van der Waals surface area contributed by atoms with Gasteiger partial charge < -0.3 is 31.1 Å². The zero-order valence-corrected chi connectivity index (χ0v) is 14.1. The van der Waals surface area contributed by atoms with Crippen LogP contribution in [0.5, 0.6) is 0 Å². The van der Waals surface area contributed by atoms with Crippen molar-refractivity contribution in [3.8, 4) is 0 Å². The lowest BCUT2D eigenvalue weighted by atomic mass is 10.1. The molecule has 0 aromatic heterocycles. The molecule has 2 fully saturated rings. The molecule has 2 aliphatic rings. The highest BCUT2D eigenvalue weighted by atomic mass is 16.4. The average molecular weight is 356 g/mol. The molecule has 0 spiro atoms. The zero-order valence-electron chi connectivity index (χ0n) is 14.1. The maximum absolute atomic E-state index is 12.7. The Balaban J connectivity index is 1.97. The number of rotatable bonds is 5. The van der Waals surface area contributed by atoms with Crippen LogP contribution in [0, 0.1) is 5.92 Å².